The molecule has 138 valence electrons. The van der Waals surface area contributed by atoms with E-state index in [0.29, 0.717) is 22.5 Å². The van der Waals surface area contributed by atoms with E-state index in [2.05, 4.69) is 34.3 Å². The second kappa shape index (κ2) is 7.05. The van der Waals surface area contributed by atoms with E-state index >= 15 is 0 Å². The Hall–Kier alpha value is -1.85. The van der Waals surface area contributed by atoms with Crippen LogP contribution in [0.15, 0.2) is 24.3 Å². The normalized spacial score (nSPS) is 20.9. The van der Waals surface area contributed by atoms with E-state index in [4.69, 9.17) is 11.6 Å². The van der Waals surface area contributed by atoms with Crippen LogP contribution in [-0.2, 0) is 19.9 Å². The Morgan fingerprint density at radius 2 is 1.85 bits per heavy atom. The average Bonchev–Trinajstić information content (AvgIpc) is 2.92. The first-order valence-electron chi connectivity index (χ1n) is 9.34. The molecular formula is C20H25ClN4O. The SMILES string of the molecule is Cc1nn(C)c(C(=O)N2CCN([C@@H]3CCc4ccccc4C3)CC2)c1Cl. The molecular weight excluding hydrogens is 348 g/mol. The fourth-order valence-corrected chi connectivity index (χ4v) is 4.54. The summed E-state index contributed by atoms with van der Waals surface area (Å²) in [6.07, 6.45) is 3.48. The summed E-state index contributed by atoms with van der Waals surface area (Å²) in [5.74, 6) is -0.00765. The zero-order valence-corrected chi connectivity index (χ0v) is 16.2. The number of hydrogen-bond acceptors (Lipinski definition) is 3. The number of carbonyl (C=O) groups is 1. The molecule has 4 rings (SSSR count). The Balaban J connectivity index is 1.39. The number of nitrogens with zero attached hydrogens (tertiary/aromatic N) is 4. The Kier molecular flexibility index (Phi) is 4.76. The van der Waals surface area contributed by atoms with E-state index < -0.39 is 0 Å². The fraction of sp³-hybridized carbons (Fsp3) is 0.500. The molecule has 1 atom stereocenters. The third-order valence-electron chi connectivity index (χ3n) is 5.79. The monoisotopic (exact) mass is 372 g/mol. The van der Waals surface area contributed by atoms with Gasteiger partial charge in [-0.3, -0.25) is 14.4 Å². The van der Waals surface area contributed by atoms with Crippen molar-refractivity contribution in [2.45, 2.75) is 32.2 Å². The van der Waals surface area contributed by atoms with Crippen LogP contribution in [-0.4, -0.2) is 57.7 Å². The van der Waals surface area contributed by atoms with E-state index in [1.54, 1.807) is 11.7 Å². The van der Waals surface area contributed by atoms with Crippen molar-refractivity contribution >= 4 is 17.5 Å². The Morgan fingerprint density at radius 1 is 1.15 bits per heavy atom. The summed E-state index contributed by atoms with van der Waals surface area (Å²) in [6, 6.07) is 9.37. The summed E-state index contributed by atoms with van der Waals surface area (Å²) in [5.41, 5.74) is 4.19. The number of fused-ring (bicyclic) bond motifs is 1. The number of aryl methyl sites for hydroxylation is 3. The number of amides is 1. The van der Waals surface area contributed by atoms with Gasteiger partial charge in [-0.2, -0.15) is 5.10 Å². The average molecular weight is 373 g/mol. The highest BCUT2D eigenvalue weighted by Gasteiger charge is 2.31. The van der Waals surface area contributed by atoms with Gasteiger partial charge in [0.15, 0.2) is 0 Å². The molecule has 0 radical (unpaired) electrons. The van der Waals surface area contributed by atoms with Crippen molar-refractivity contribution in [2.24, 2.45) is 7.05 Å². The standard InChI is InChI=1S/C20H25ClN4O/c1-14-18(21)19(23(2)22-14)20(26)25-11-9-24(10-12-25)17-8-7-15-5-3-4-6-16(15)13-17/h3-6,17H,7-13H2,1-2H3/t17-/m1/s1. The predicted octanol–water partition coefficient (Wildman–Crippen LogP) is 2.70. The van der Waals surface area contributed by atoms with Crippen molar-refractivity contribution in [3.05, 3.63) is 51.8 Å². The second-order valence-corrected chi connectivity index (χ2v) is 7.74. The summed E-state index contributed by atoms with van der Waals surface area (Å²) >= 11 is 6.29. The Labute approximate surface area is 159 Å². The van der Waals surface area contributed by atoms with Gasteiger partial charge >= 0.3 is 0 Å². The fourth-order valence-electron chi connectivity index (χ4n) is 4.29. The smallest absolute Gasteiger partial charge is 0.273 e. The molecule has 1 aliphatic heterocycles. The van der Waals surface area contributed by atoms with Gasteiger partial charge in [0, 0.05) is 39.3 Å². The summed E-state index contributed by atoms with van der Waals surface area (Å²) in [6.45, 7) is 5.17. The van der Waals surface area contributed by atoms with Gasteiger partial charge in [0.05, 0.1) is 10.7 Å². The van der Waals surface area contributed by atoms with Crippen LogP contribution in [0.3, 0.4) is 0 Å². The lowest BCUT2D eigenvalue weighted by molar-refractivity contribution is 0.0543. The van der Waals surface area contributed by atoms with Crippen molar-refractivity contribution in [3.63, 3.8) is 0 Å². The van der Waals surface area contributed by atoms with Crippen LogP contribution >= 0.6 is 11.6 Å². The molecule has 1 aliphatic carbocycles. The number of rotatable bonds is 2. The molecule has 1 fully saturated rings. The quantitative estimate of drug-likeness (QED) is 0.813. The molecule has 2 aromatic rings. The van der Waals surface area contributed by atoms with Crippen LogP contribution in [0.4, 0.5) is 0 Å². The largest absolute Gasteiger partial charge is 0.335 e. The van der Waals surface area contributed by atoms with E-state index in [1.165, 1.54) is 17.5 Å². The zero-order valence-electron chi connectivity index (χ0n) is 15.4. The number of piperazine rings is 1. The highest BCUT2D eigenvalue weighted by molar-refractivity contribution is 6.34. The molecule has 0 bridgehead atoms. The minimum absolute atomic E-state index is 0.00765. The van der Waals surface area contributed by atoms with Crippen molar-refractivity contribution in [2.75, 3.05) is 26.2 Å². The molecule has 1 aromatic carbocycles. The topological polar surface area (TPSA) is 41.4 Å². The molecule has 6 heteroatoms. The number of halogens is 1. The summed E-state index contributed by atoms with van der Waals surface area (Å²) < 4.78 is 1.60. The van der Waals surface area contributed by atoms with Gasteiger partial charge in [-0.15, -0.1) is 0 Å². The van der Waals surface area contributed by atoms with Gasteiger partial charge in [0.2, 0.25) is 0 Å². The van der Waals surface area contributed by atoms with Crippen LogP contribution < -0.4 is 0 Å². The van der Waals surface area contributed by atoms with Gasteiger partial charge in [0.1, 0.15) is 5.69 Å². The minimum atomic E-state index is -0.00765. The maximum atomic E-state index is 12.9. The molecule has 5 nitrogen and oxygen atoms in total. The molecule has 0 spiro atoms. The Bertz CT molecular complexity index is 823. The summed E-state index contributed by atoms with van der Waals surface area (Å²) in [4.78, 5) is 17.3. The first-order valence-corrected chi connectivity index (χ1v) is 9.71. The molecule has 1 amide bonds. The summed E-state index contributed by atoms with van der Waals surface area (Å²) in [5, 5.41) is 4.74. The van der Waals surface area contributed by atoms with Crippen LogP contribution in [0.25, 0.3) is 0 Å². The van der Waals surface area contributed by atoms with Gasteiger partial charge < -0.3 is 4.90 Å². The van der Waals surface area contributed by atoms with Gasteiger partial charge in [-0.25, -0.2) is 0 Å². The number of carbonyl (C=O) groups excluding carboxylic acids is 1. The van der Waals surface area contributed by atoms with Gasteiger partial charge in [0.25, 0.3) is 5.91 Å². The molecule has 1 saturated heterocycles. The van der Waals surface area contributed by atoms with Crippen LogP contribution in [0.5, 0.6) is 0 Å². The number of hydrogen-bond donors (Lipinski definition) is 0. The minimum Gasteiger partial charge on any atom is -0.335 e. The highest BCUT2D eigenvalue weighted by Crippen LogP contribution is 2.26. The van der Waals surface area contributed by atoms with Crippen LogP contribution in [0.1, 0.15) is 33.7 Å². The van der Waals surface area contributed by atoms with Crippen molar-refractivity contribution < 1.29 is 4.79 Å². The lowest BCUT2D eigenvalue weighted by atomic mass is 9.87. The Morgan fingerprint density at radius 3 is 2.50 bits per heavy atom. The van der Waals surface area contributed by atoms with E-state index in [1.807, 2.05) is 11.8 Å². The molecule has 0 saturated carbocycles. The third kappa shape index (κ3) is 3.14. The van der Waals surface area contributed by atoms with Crippen molar-refractivity contribution in [1.29, 1.82) is 0 Å². The third-order valence-corrected chi connectivity index (χ3v) is 6.24. The maximum Gasteiger partial charge on any atom is 0.273 e. The molecule has 2 heterocycles. The van der Waals surface area contributed by atoms with Gasteiger partial charge in [-0.1, -0.05) is 35.9 Å². The van der Waals surface area contributed by atoms with E-state index in [9.17, 15) is 4.79 Å². The maximum absolute atomic E-state index is 12.9. The second-order valence-electron chi connectivity index (χ2n) is 7.37. The number of benzene rings is 1. The van der Waals surface area contributed by atoms with Crippen LogP contribution in [0, 0.1) is 6.92 Å². The lowest BCUT2D eigenvalue weighted by Gasteiger charge is -2.41. The molecule has 26 heavy (non-hydrogen) atoms. The molecule has 2 aliphatic rings. The molecule has 0 N–H and O–H groups in total. The zero-order chi connectivity index (χ0) is 18.3. The molecule has 1 aromatic heterocycles. The van der Waals surface area contributed by atoms with Crippen LogP contribution in [0.2, 0.25) is 5.02 Å². The van der Waals surface area contributed by atoms with E-state index in [-0.39, 0.29) is 5.91 Å². The van der Waals surface area contributed by atoms with Crippen molar-refractivity contribution in [1.82, 2.24) is 19.6 Å². The van der Waals surface area contributed by atoms with E-state index in [0.717, 1.165) is 39.0 Å². The predicted molar refractivity (Wildman–Crippen MR) is 103 cm³/mol. The molecule has 0 unspecified atom stereocenters. The lowest BCUT2D eigenvalue weighted by Crippen LogP contribution is -2.53. The van der Waals surface area contributed by atoms with Crippen molar-refractivity contribution in [3.8, 4) is 0 Å². The first kappa shape index (κ1) is 17.6. The number of aromatic nitrogens is 2. The van der Waals surface area contributed by atoms with Gasteiger partial charge in [-0.05, 0) is 37.3 Å². The summed E-state index contributed by atoms with van der Waals surface area (Å²) in [7, 11) is 1.78. The first-order chi connectivity index (χ1) is 12.5. The highest BCUT2D eigenvalue weighted by atomic mass is 35.5.